The maximum absolute atomic E-state index is 4.25. The van der Waals surface area contributed by atoms with Crippen molar-refractivity contribution in [2.75, 3.05) is 18.4 Å². The second-order valence-electron chi connectivity index (χ2n) is 4.66. The van der Waals surface area contributed by atoms with Crippen molar-refractivity contribution < 1.29 is 0 Å². The fourth-order valence-corrected chi connectivity index (χ4v) is 1.94. The normalized spacial score (nSPS) is 20.3. The lowest BCUT2D eigenvalue weighted by Gasteiger charge is -2.12. The molecule has 1 unspecified atom stereocenters. The molecule has 88 valence electrons. The summed E-state index contributed by atoms with van der Waals surface area (Å²) in [7, 11) is 0. The van der Waals surface area contributed by atoms with Crippen LogP contribution in [0.3, 0.4) is 0 Å². The van der Waals surface area contributed by atoms with Crippen LogP contribution < -0.4 is 10.6 Å². The molecular weight excluding hydrogens is 200 g/mol. The molecule has 1 atom stereocenters. The van der Waals surface area contributed by atoms with Gasteiger partial charge in [0.2, 0.25) is 0 Å². The van der Waals surface area contributed by atoms with Crippen molar-refractivity contribution >= 4 is 5.82 Å². The van der Waals surface area contributed by atoms with E-state index in [4.69, 9.17) is 0 Å². The van der Waals surface area contributed by atoms with Gasteiger partial charge in [-0.3, -0.25) is 0 Å². The van der Waals surface area contributed by atoms with Crippen molar-refractivity contribution in [1.29, 1.82) is 0 Å². The summed E-state index contributed by atoms with van der Waals surface area (Å²) < 4.78 is 0. The van der Waals surface area contributed by atoms with Crippen LogP contribution in [-0.2, 0) is 0 Å². The summed E-state index contributed by atoms with van der Waals surface area (Å²) in [4.78, 5) is 8.48. The monoisotopic (exact) mass is 220 g/mol. The van der Waals surface area contributed by atoms with Crippen LogP contribution in [0.15, 0.2) is 12.4 Å². The Morgan fingerprint density at radius 2 is 2.38 bits per heavy atom. The molecular formula is C12H20N4. The van der Waals surface area contributed by atoms with Crippen LogP contribution in [0.4, 0.5) is 5.82 Å². The summed E-state index contributed by atoms with van der Waals surface area (Å²) in [6, 6.07) is 2.64. The Balaban J connectivity index is 1.90. The highest BCUT2D eigenvalue weighted by atomic mass is 15.1. The van der Waals surface area contributed by atoms with E-state index >= 15 is 0 Å². The molecule has 2 heterocycles. The first-order valence-corrected chi connectivity index (χ1v) is 6.05. The van der Waals surface area contributed by atoms with Gasteiger partial charge in [-0.05, 0) is 25.3 Å². The molecule has 0 bridgehead atoms. The second kappa shape index (κ2) is 5.25. The van der Waals surface area contributed by atoms with E-state index in [9.17, 15) is 0 Å². The van der Waals surface area contributed by atoms with Crippen molar-refractivity contribution in [2.24, 2.45) is 0 Å². The van der Waals surface area contributed by atoms with E-state index in [0.717, 1.165) is 24.6 Å². The Morgan fingerprint density at radius 3 is 3.06 bits per heavy atom. The molecule has 0 radical (unpaired) electrons. The van der Waals surface area contributed by atoms with Gasteiger partial charge in [0.25, 0.3) is 0 Å². The quantitative estimate of drug-likeness (QED) is 0.812. The van der Waals surface area contributed by atoms with Crippen LogP contribution in [0.25, 0.3) is 0 Å². The van der Waals surface area contributed by atoms with E-state index in [-0.39, 0.29) is 0 Å². The van der Waals surface area contributed by atoms with Gasteiger partial charge in [0.15, 0.2) is 0 Å². The fraction of sp³-hybridized carbons (Fsp3) is 0.667. The molecule has 0 aliphatic carbocycles. The molecule has 0 saturated carbocycles. The summed E-state index contributed by atoms with van der Waals surface area (Å²) in [5.74, 6) is 1.39. The van der Waals surface area contributed by atoms with Crippen LogP contribution in [0.5, 0.6) is 0 Å². The molecule has 1 aliphatic rings. The molecule has 16 heavy (non-hydrogen) atoms. The van der Waals surface area contributed by atoms with Gasteiger partial charge >= 0.3 is 0 Å². The number of nitrogens with one attached hydrogen (secondary N) is 2. The number of nitrogens with zero attached hydrogens (tertiary/aromatic N) is 2. The van der Waals surface area contributed by atoms with E-state index in [1.54, 1.807) is 6.33 Å². The third kappa shape index (κ3) is 2.92. The standard InChI is InChI=1S/C12H20N4/c1-9(2)11-6-12(16-8-15-11)14-7-10-4-3-5-13-10/h6,8-10,13H,3-5,7H2,1-2H3,(H,14,15,16). The van der Waals surface area contributed by atoms with E-state index in [2.05, 4.69) is 34.4 Å². The summed E-state index contributed by atoms with van der Waals surface area (Å²) in [5.41, 5.74) is 1.09. The van der Waals surface area contributed by atoms with Crippen molar-refractivity contribution in [3.63, 3.8) is 0 Å². The van der Waals surface area contributed by atoms with Crippen molar-refractivity contribution in [1.82, 2.24) is 15.3 Å². The number of hydrogen-bond donors (Lipinski definition) is 2. The van der Waals surface area contributed by atoms with E-state index in [1.807, 2.05) is 6.07 Å². The Hall–Kier alpha value is -1.16. The maximum atomic E-state index is 4.25. The molecule has 2 rings (SSSR count). The Morgan fingerprint density at radius 1 is 1.50 bits per heavy atom. The summed E-state index contributed by atoms with van der Waals surface area (Å²) in [5, 5.41) is 6.83. The third-order valence-electron chi connectivity index (χ3n) is 2.97. The zero-order valence-electron chi connectivity index (χ0n) is 10.0. The highest BCUT2D eigenvalue weighted by Crippen LogP contribution is 2.14. The van der Waals surface area contributed by atoms with E-state index < -0.39 is 0 Å². The average Bonchev–Trinajstić information content (AvgIpc) is 2.79. The molecule has 2 N–H and O–H groups in total. The van der Waals surface area contributed by atoms with Gasteiger partial charge in [-0.15, -0.1) is 0 Å². The van der Waals surface area contributed by atoms with Crippen molar-refractivity contribution in [3.05, 3.63) is 18.1 Å². The van der Waals surface area contributed by atoms with Gasteiger partial charge in [-0.1, -0.05) is 13.8 Å². The lowest BCUT2D eigenvalue weighted by Crippen LogP contribution is -2.29. The first-order valence-electron chi connectivity index (χ1n) is 6.05. The molecule has 0 aromatic carbocycles. The zero-order valence-corrected chi connectivity index (χ0v) is 10.0. The molecule has 1 aromatic rings. The molecule has 1 aliphatic heterocycles. The Kier molecular flexibility index (Phi) is 3.72. The van der Waals surface area contributed by atoms with Crippen LogP contribution in [-0.4, -0.2) is 29.1 Å². The lowest BCUT2D eigenvalue weighted by atomic mass is 10.1. The average molecular weight is 220 g/mol. The zero-order chi connectivity index (χ0) is 11.4. The second-order valence-corrected chi connectivity index (χ2v) is 4.66. The summed E-state index contributed by atoms with van der Waals surface area (Å²) >= 11 is 0. The van der Waals surface area contributed by atoms with Gasteiger partial charge in [0.05, 0.1) is 0 Å². The number of anilines is 1. The van der Waals surface area contributed by atoms with Gasteiger partial charge in [0.1, 0.15) is 12.1 Å². The van der Waals surface area contributed by atoms with E-state index in [0.29, 0.717) is 12.0 Å². The highest BCUT2D eigenvalue weighted by Gasteiger charge is 2.13. The summed E-state index contributed by atoms with van der Waals surface area (Å²) in [6.07, 6.45) is 4.18. The fourth-order valence-electron chi connectivity index (χ4n) is 1.94. The minimum atomic E-state index is 0.452. The molecule has 0 spiro atoms. The molecule has 1 aromatic heterocycles. The molecule has 0 amide bonds. The lowest BCUT2D eigenvalue weighted by molar-refractivity contribution is 0.632. The first kappa shape index (κ1) is 11.3. The predicted molar refractivity (Wildman–Crippen MR) is 65.6 cm³/mol. The molecule has 1 saturated heterocycles. The van der Waals surface area contributed by atoms with Gasteiger partial charge < -0.3 is 10.6 Å². The highest BCUT2D eigenvalue weighted by molar-refractivity contribution is 5.35. The molecule has 4 nitrogen and oxygen atoms in total. The van der Waals surface area contributed by atoms with Crippen molar-refractivity contribution in [2.45, 2.75) is 38.6 Å². The topological polar surface area (TPSA) is 49.8 Å². The number of hydrogen-bond acceptors (Lipinski definition) is 4. The first-order chi connectivity index (χ1) is 7.75. The Labute approximate surface area is 96.9 Å². The van der Waals surface area contributed by atoms with Crippen LogP contribution in [0, 0.1) is 0 Å². The van der Waals surface area contributed by atoms with Crippen LogP contribution >= 0.6 is 0 Å². The van der Waals surface area contributed by atoms with Crippen LogP contribution in [0.2, 0.25) is 0 Å². The molecule has 4 heteroatoms. The van der Waals surface area contributed by atoms with Gasteiger partial charge in [-0.25, -0.2) is 9.97 Å². The third-order valence-corrected chi connectivity index (χ3v) is 2.97. The van der Waals surface area contributed by atoms with Gasteiger partial charge in [-0.2, -0.15) is 0 Å². The van der Waals surface area contributed by atoms with E-state index in [1.165, 1.54) is 12.8 Å². The largest absolute Gasteiger partial charge is 0.368 e. The minimum Gasteiger partial charge on any atom is -0.368 e. The SMILES string of the molecule is CC(C)c1cc(NCC2CCCN2)ncn1. The summed E-state index contributed by atoms with van der Waals surface area (Å²) in [6.45, 7) is 6.39. The number of aromatic nitrogens is 2. The predicted octanol–water partition coefficient (Wildman–Crippen LogP) is 1.76. The number of rotatable bonds is 4. The maximum Gasteiger partial charge on any atom is 0.129 e. The van der Waals surface area contributed by atoms with Crippen LogP contribution in [0.1, 0.15) is 38.3 Å². The minimum absolute atomic E-state index is 0.452. The smallest absolute Gasteiger partial charge is 0.129 e. The molecule has 1 fully saturated rings. The van der Waals surface area contributed by atoms with Crippen molar-refractivity contribution in [3.8, 4) is 0 Å². The van der Waals surface area contributed by atoms with Gasteiger partial charge in [0, 0.05) is 24.3 Å². The Bertz CT molecular complexity index is 332.